The van der Waals surface area contributed by atoms with Crippen LogP contribution >= 0.6 is 11.6 Å². The third-order valence-electron chi connectivity index (χ3n) is 5.49. The van der Waals surface area contributed by atoms with E-state index in [-0.39, 0.29) is 23.3 Å². The molecule has 1 saturated carbocycles. The molecule has 28 heavy (non-hydrogen) atoms. The molecule has 1 aliphatic rings. The molecule has 2 aromatic carbocycles. The van der Waals surface area contributed by atoms with Gasteiger partial charge in [-0.3, -0.25) is 4.79 Å². The zero-order valence-corrected chi connectivity index (χ0v) is 17.3. The van der Waals surface area contributed by atoms with Gasteiger partial charge in [-0.1, -0.05) is 35.7 Å². The van der Waals surface area contributed by atoms with Gasteiger partial charge in [0.25, 0.3) is 0 Å². The molecule has 1 aliphatic carbocycles. The first-order valence-electron chi connectivity index (χ1n) is 9.06. The minimum atomic E-state index is -4.01. The van der Waals surface area contributed by atoms with Crippen molar-refractivity contribution in [3.63, 3.8) is 0 Å². The summed E-state index contributed by atoms with van der Waals surface area (Å²) in [5.74, 6) is -1.67. The summed E-state index contributed by atoms with van der Waals surface area (Å²) in [6.45, 7) is 1.78. The number of aryl methyl sites for hydroxylation is 1. The zero-order chi connectivity index (χ0) is 20.5. The van der Waals surface area contributed by atoms with Crippen molar-refractivity contribution in [1.29, 1.82) is 0 Å². The number of ether oxygens (including phenoxy) is 1. The maximum absolute atomic E-state index is 14.9. The van der Waals surface area contributed by atoms with E-state index in [2.05, 4.69) is 0 Å². The largest absolute Gasteiger partial charge is 0.469 e. The predicted molar refractivity (Wildman–Crippen MR) is 105 cm³/mol. The number of carbonyl (C=O) groups is 1. The summed E-state index contributed by atoms with van der Waals surface area (Å²) in [6.07, 6.45) is 1.19. The van der Waals surface area contributed by atoms with E-state index in [9.17, 15) is 17.6 Å². The Morgan fingerprint density at radius 2 is 1.89 bits per heavy atom. The van der Waals surface area contributed by atoms with Gasteiger partial charge in [0.15, 0.2) is 9.84 Å². The molecule has 4 nitrogen and oxygen atoms in total. The molecule has 0 aliphatic heterocycles. The second kappa shape index (κ2) is 7.84. The van der Waals surface area contributed by atoms with Gasteiger partial charge in [0.1, 0.15) is 10.6 Å². The maximum Gasteiger partial charge on any atom is 0.308 e. The average Bonchev–Trinajstić information content (AvgIpc) is 2.69. The Kier molecular flexibility index (Phi) is 5.82. The van der Waals surface area contributed by atoms with Crippen LogP contribution in [0.4, 0.5) is 4.39 Å². The molecule has 0 bridgehead atoms. The summed E-state index contributed by atoms with van der Waals surface area (Å²) in [4.78, 5) is 12.3. The fourth-order valence-corrected chi connectivity index (χ4v) is 6.42. The SMILES string of the molecule is COC(=O)[C@@H]1CCC[C@@](c2cc(C)ccc2F)(S(=O)(=O)c2ccc(Cl)cc2)C1. The van der Waals surface area contributed by atoms with Gasteiger partial charge in [-0.2, -0.15) is 0 Å². The van der Waals surface area contributed by atoms with Crippen molar-refractivity contribution < 1.29 is 22.3 Å². The number of carbonyl (C=O) groups excluding carboxylic acids is 1. The van der Waals surface area contributed by atoms with Gasteiger partial charge in [-0.05, 0) is 56.5 Å². The van der Waals surface area contributed by atoms with Crippen LogP contribution in [-0.2, 0) is 24.1 Å². The van der Waals surface area contributed by atoms with Gasteiger partial charge < -0.3 is 4.74 Å². The number of benzene rings is 2. The maximum atomic E-state index is 14.9. The van der Waals surface area contributed by atoms with E-state index in [0.717, 1.165) is 5.56 Å². The summed E-state index contributed by atoms with van der Waals surface area (Å²) in [5, 5.41) is 0.408. The molecule has 0 heterocycles. The molecule has 2 atom stereocenters. The van der Waals surface area contributed by atoms with Crippen molar-refractivity contribution in [2.75, 3.05) is 7.11 Å². The van der Waals surface area contributed by atoms with Crippen LogP contribution < -0.4 is 0 Å². The zero-order valence-electron chi connectivity index (χ0n) is 15.7. The minimum absolute atomic E-state index is 0.0228. The van der Waals surface area contributed by atoms with Crippen molar-refractivity contribution >= 4 is 27.4 Å². The lowest BCUT2D eigenvalue weighted by atomic mass is 9.76. The third-order valence-corrected chi connectivity index (χ3v) is 8.26. The van der Waals surface area contributed by atoms with Crippen LogP contribution in [0.3, 0.4) is 0 Å². The number of esters is 1. The Bertz CT molecular complexity index is 988. The highest BCUT2D eigenvalue weighted by molar-refractivity contribution is 7.92. The molecule has 0 saturated heterocycles. The molecule has 0 aromatic heterocycles. The molecule has 2 aromatic rings. The molecule has 150 valence electrons. The number of methoxy groups -OCH3 is 1. The van der Waals surface area contributed by atoms with E-state index in [4.69, 9.17) is 16.3 Å². The topological polar surface area (TPSA) is 60.4 Å². The van der Waals surface area contributed by atoms with Crippen molar-refractivity contribution in [3.05, 3.63) is 64.4 Å². The summed E-state index contributed by atoms with van der Waals surface area (Å²) in [7, 11) is -2.74. The first kappa shape index (κ1) is 20.8. The normalized spacial score (nSPS) is 22.6. The Morgan fingerprint density at radius 1 is 1.21 bits per heavy atom. The van der Waals surface area contributed by atoms with Crippen molar-refractivity contribution in [1.82, 2.24) is 0 Å². The number of rotatable bonds is 4. The first-order chi connectivity index (χ1) is 13.2. The van der Waals surface area contributed by atoms with Crippen LogP contribution in [0.1, 0.15) is 36.8 Å². The van der Waals surface area contributed by atoms with Gasteiger partial charge in [-0.25, -0.2) is 12.8 Å². The highest BCUT2D eigenvalue weighted by atomic mass is 35.5. The van der Waals surface area contributed by atoms with Gasteiger partial charge in [-0.15, -0.1) is 0 Å². The monoisotopic (exact) mass is 424 g/mol. The van der Waals surface area contributed by atoms with Gasteiger partial charge >= 0.3 is 5.97 Å². The van der Waals surface area contributed by atoms with Crippen molar-refractivity contribution in [2.45, 2.75) is 42.2 Å². The van der Waals surface area contributed by atoms with E-state index in [0.29, 0.717) is 17.9 Å². The van der Waals surface area contributed by atoms with Crippen LogP contribution in [0.15, 0.2) is 47.4 Å². The molecule has 1 fully saturated rings. The second-order valence-corrected chi connectivity index (χ2v) is 9.95. The number of hydrogen-bond acceptors (Lipinski definition) is 4. The van der Waals surface area contributed by atoms with Crippen LogP contribution in [0.5, 0.6) is 0 Å². The smallest absolute Gasteiger partial charge is 0.308 e. The highest BCUT2D eigenvalue weighted by Gasteiger charge is 2.52. The Hall–Kier alpha value is -1.92. The lowest BCUT2D eigenvalue weighted by Gasteiger charge is -2.40. The second-order valence-electron chi connectivity index (χ2n) is 7.25. The number of sulfone groups is 1. The van der Waals surface area contributed by atoms with E-state index in [1.54, 1.807) is 19.1 Å². The van der Waals surface area contributed by atoms with Crippen molar-refractivity contribution in [2.24, 2.45) is 5.92 Å². The summed E-state index contributed by atoms with van der Waals surface area (Å²) < 4.78 is 45.8. The quantitative estimate of drug-likeness (QED) is 0.660. The Balaban J connectivity index is 2.24. The molecule has 0 unspecified atom stereocenters. The van der Waals surface area contributed by atoms with E-state index in [1.165, 1.54) is 37.4 Å². The number of hydrogen-bond donors (Lipinski definition) is 0. The number of halogens is 2. The molecule has 0 amide bonds. The van der Waals surface area contributed by atoms with Crippen LogP contribution in [0.25, 0.3) is 0 Å². The molecule has 0 spiro atoms. The molecule has 7 heteroatoms. The minimum Gasteiger partial charge on any atom is -0.469 e. The third kappa shape index (κ3) is 3.55. The first-order valence-corrected chi connectivity index (χ1v) is 10.9. The molecule has 3 rings (SSSR count). The van der Waals surface area contributed by atoms with Gasteiger partial charge in [0, 0.05) is 10.6 Å². The molecule has 0 radical (unpaired) electrons. The van der Waals surface area contributed by atoms with E-state index in [1.807, 2.05) is 0 Å². The fraction of sp³-hybridized carbons (Fsp3) is 0.381. The molecule has 0 N–H and O–H groups in total. The van der Waals surface area contributed by atoms with E-state index < -0.39 is 32.3 Å². The van der Waals surface area contributed by atoms with Gasteiger partial charge in [0.2, 0.25) is 0 Å². The van der Waals surface area contributed by atoms with E-state index >= 15 is 0 Å². The van der Waals surface area contributed by atoms with Crippen LogP contribution in [0, 0.1) is 18.7 Å². The predicted octanol–water partition coefficient (Wildman–Crippen LogP) is 4.82. The van der Waals surface area contributed by atoms with Gasteiger partial charge in [0.05, 0.1) is 17.9 Å². The van der Waals surface area contributed by atoms with Crippen LogP contribution in [0.2, 0.25) is 5.02 Å². The lowest BCUT2D eigenvalue weighted by molar-refractivity contribution is -0.146. The van der Waals surface area contributed by atoms with Crippen molar-refractivity contribution in [3.8, 4) is 0 Å². The summed E-state index contributed by atoms with van der Waals surface area (Å²) >= 11 is 5.91. The highest BCUT2D eigenvalue weighted by Crippen LogP contribution is 2.50. The Labute approximate surface area is 169 Å². The molecular weight excluding hydrogens is 403 g/mol. The molecular formula is C21H22ClFO4S. The fourth-order valence-electron chi connectivity index (χ4n) is 4.07. The standard InChI is InChI=1S/C21H22ClFO4S/c1-14-5-10-19(23)18(12-14)21(11-3-4-15(13-21)20(24)27-2)28(25,26)17-8-6-16(22)7-9-17/h5-10,12,15H,3-4,11,13H2,1-2H3/t15-,21-/m1/s1. The summed E-state index contributed by atoms with van der Waals surface area (Å²) in [5.41, 5.74) is 0.860. The average molecular weight is 425 g/mol. The Morgan fingerprint density at radius 3 is 2.54 bits per heavy atom. The summed E-state index contributed by atoms with van der Waals surface area (Å²) in [6, 6.07) is 10.3. The van der Waals surface area contributed by atoms with Crippen LogP contribution in [-0.4, -0.2) is 21.5 Å². The lowest BCUT2D eigenvalue weighted by Crippen LogP contribution is -2.43.